The van der Waals surface area contributed by atoms with Gasteiger partial charge in [0, 0.05) is 20.5 Å². The van der Waals surface area contributed by atoms with E-state index in [0.29, 0.717) is 5.13 Å². The van der Waals surface area contributed by atoms with Gasteiger partial charge in [-0.3, -0.25) is 4.79 Å². The minimum absolute atomic E-state index is 0.0696. The van der Waals surface area contributed by atoms with Gasteiger partial charge in [-0.2, -0.15) is 0 Å². The van der Waals surface area contributed by atoms with E-state index in [-0.39, 0.29) is 21.8 Å². The van der Waals surface area contributed by atoms with Crippen LogP contribution in [0.5, 0.6) is 0 Å². The molecule has 0 atom stereocenters. The highest BCUT2D eigenvalue weighted by atomic mass is 32.1. The summed E-state index contributed by atoms with van der Waals surface area (Å²) in [5.74, 6) is -1.42. The zero-order valence-electron chi connectivity index (χ0n) is 11.3. The summed E-state index contributed by atoms with van der Waals surface area (Å²) in [5, 5.41) is 9.58. The number of thiazole rings is 1. The van der Waals surface area contributed by atoms with Crippen molar-refractivity contribution >= 4 is 28.2 Å². The van der Waals surface area contributed by atoms with Crippen LogP contribution in [0.25, 0.3) is 0 Å². The fourth-order valence-electron chi connectivity index (χ4n) is 1.63. The molecule has 5 nitrogen and oxygen atoms in total. The van der Waals surface area contributed by atoms with Crippen LogP contribution in [0.1, 0.15) is 47.9 Å². The van der Waals surface area contributed by atoms with Crippen molar-refractivity contribution in [2.45, 2.75) is 27.7 Å². The van der Waals surface area contributed by atoms with Crippen LogP contribution in [0.15, 0.2) is 0 Å². The number of carboxylic acids is 1. The van der Waals surface area contributed by atoms with Gasteiger partial charge in [0.15, 0.2) is 16.6 Å². The van der Waals surface area contributed by atoms with Crippen LogP contribution in [0, 0.1) is 5.41 Å². The number of carboxylic acid groups (broad SMARTS) is 1. The van der Waals surface area contributed by atoms with Gasteiger partial charge in [0.2, 0.25) is 0 Å². The number of hydrogen-bond donors (Lipinski definition) is 1. The van der Waals surface area contributed by atoms with E-state index in [4.69, 9.17) is 5.11 Å². The maximum Gasteiger partial charge on any atom is 0.356 e. The van der Waals surface area contributed by atoms with Crippen molar-refractivity contribution in [1.82, 2.24) is 4.98 Å². The molecular formula is C12H18N2O3S. The Morgan fingerprint density at radius 3 is 2.28 bits per heavy atom. The molecule has 0 aliphatic carbocycles. The first-order valence-corrected chi connectivity index (χ1v) is 6.39. The third-order valence-electron chi connectivity index (χ3n) is 2.18. The SMILES string of the molecule is CC(=O)c1sc(N(C)CC(C)(C)C)nc1C(=O)O. The van der Waals surface area contributed by atoms with E-state index >= 15 is 0 Å². The zero-order chi connectivity index (χ0) is 14.1. The number of nitrogens with zero attached hydrogens (tertiary/aromatic N) is 2. The molecule has 1 heterocycles. The Balaban J connectivity index is 3.08. The Bertz CT molecular complexity index is 443. The molecule has 0 spiro atoms. The fourth-order valence-corrected chi connectivity index (χ4v) is 2.55. The van der Waals surface area contributed by atoms with Crippen molar-refractivity contribution < 1.29 is 14.7 Å². The molecule has 0 aliphatic heterocycles. The summed E-state index contributed by atoms with van der Waals surface area (Å²) in [6, 6.07) is 0. The van der Waals surface area contributed by atoms with Gasteiger partial charge in [-0.05, 0) is 5.41 Å². The van der Waals surface area contributed by atoms with E-state index in [0.717, 1.165) is 17.9 Å². The molecule has 0 aromatic carbocycles. The molecule has 0 aliphatic rings. The lowest BCUT2D eigenvalue weighted by Gasteiger charge is -2.25. The number of ketones is 1. The maximum absolute atomic E-state index is 11.4. The molecule has 1 aromatic heterocycles. The number of carbonyl (C=O) groups excluding carboxylic acids is 1. The van der Waals surface area contributed by atoms with Gasteiger partial charge in [0.05, 0.1) is 0 Å². The Kier molecular flexibility index (Phi) is 4.11. The van der Waals surface area contributed by atoms with Crippen LogP contribution < -0.4 is 4.90 Å². The smallest absolute Gasteiger partial charge is 0.356 e. The van der Waals surface area contributed by atoms with Crippen LogP contribution >= 0.6 is 11.3 Å². The number of anilines is 1. The predicted molar refractivity (Wildman–Crippen MR) is 71.8 cm³/mol. The molecule has 1 aromatic rings. The monoisotopic (exact) mass is 270 g/mol. The number of rotatable bonds is 4. The van der Waals surface area contributed by atoms with Crippen LogP contribution in [0.4, 0.5) is 5.13 Å². The number of aromatic nitrogens is 1. The first-order valence-electron chi connectivity index (χ1n) is 5.58. The summed E-state index contributed by atoms with van der Waals surface area (Å²) in [7, 11) is 1.85. The third-order valence-corrected chi connectivity index (χ3v) is 3.45. The van der Waals surface area contributed by atoms with E-state index in [1.807, 2.05) is 11.9 Å². The molecular weight excluding hydrogens is 252 g/mol. The molecule has 0 amide bonds. The van der Waals surface area contributed by atoms with Gasteiger partial charge < -0.3 is 10.0 Å². The Hall–Kier alpha value is -1.43. The molecule has 0 saturated heterocycles. The molecule has 1 rings (SSSR count). The van der Waals surface area contributed by atoms with Gasteiger partial charge in [0.1, 0.15) is 4.88 Å². The first-order chi connectivity index (χ1) is 8.11. The number of Topliss-reactive ketones (excluding diaryl/α,β-unsaturated/α-hetero) is 1. The predicted octanol–water partition coefficient (Wildman–Crippen LogP) is 2.53. The molecule has 0 saturated carbocycles. The molecule has 0 bridgehead atoms. The molecule has 0 radical (unpaired) electrons. The van der Waals surface area contributed by atoms with Crippen LogP contribution in [0.3, 0.4) is 0 Å². The number of hydrogen-bond acceptors (Lipinski definition) is 5. The lowest BCUT2D eigenvalue weighted by molar-refractivity contribution is 0.0687. The van der Waals surface area contributed by atoms with Crippen LogP contribution in [0.2, 0.25) is 0 Å². The molecule has 100 valence electrons. The maximum atomic E-state index is 11.4. The summed E-state index contributed by atoms with van der Waals surface area (Å²) >= 11 is 1.13. The summed E-state index contributed by atoms with van der Waals surface area (Å²) in [5.41, 5.74) is -0.0801. The largest absolute Gasteiger partial charge is 0.476 e. The van der Waals surface area contributed by atoms with E-state index in [1.165, 1.54) is 6.92 Å². The van der Waals surface area contributed by atoms with E-state index in [1.54, 1.807) is 0 Å². The van der Waals surface area contributed by atoms with Crippen molar-refractivity contribution in [2.24, 2.45) is 5.41 Å². The summed E-state index contributed by atoms with van der Waals surface area (Å²) in [4.78, 5) is 28.5. The van der Waals surface area contributed by atoms with E-state index < -0.39 is 5.97 Å². The van der Waals surface area contributed by atoms with Gasteiger partial charge in [0.25, 0.3) is 0 Å². The third kappa shape index (κ3) is 3.53. The fraction of sp³-hybridized carbons (Fsp3) is 0.583. The van der Waals surface area contributed by atoms with Crippen molar-refractivity contribution in [3.8, 4) is 0 Å². The van der Waals surface area contributed by atoms with Crippen molar-refractivity contribution in [2.75, 3.05) is 18.5 Å². The molecule has 18 heavy (non-hydrogen) atoms. The highest BCUT2D eigenvalue weighted by Gasteiger charge is 2.23. The number of carbonyl (C=O) groups is 2. The van der Waals surface area contributed by atoms with E-state index in [2.05, 4.69) is 25.8 Å². The normalized spacial score (nSPS) is 11.4. The minimum atomic E-state index is -1.16. The average molecular weight is 270 g/mol. The van der Waals surface area contributed by atoms with Gasteiger partial charge in [-0.1, -0.05) is 32.1 Å². The topological polar surface area (TPSA) is 70.5 Å². The lowest BCUT2D eigenvalue weighted by atomic mass is 9.96. The second-order valence-corrected chi connectivity index (χ2v) is 6.43. The molecule has 6 heteroatoms. The Morgan fingerprint density at radius 1 is 1.39 bits per heavy atom. The highest BCUT2D eigenvalue weighted by molar-refractivity contribution is 7.17. The Labute approximate surface area is 110 Å². The quantitative estimate of drug-likeness (QED) is 0.851. The summed E-state index contributed by atoms with van der Waals surface area (Å²) < 4.78 is 0. The molecule has 1 N–H and O–H groups in total. The second-order valence-electron chi connectivity index (χ2n) is 5.45. The van der Waals surface area contributed by atoms with Crippen LogP contribution in [-0.4, -0.2) is 35.4 Å². The number of aromatic carboxylic acids is 1. The standard InChI is InChI=1S/C12H18N2O3S/c1-7(15)9-8(10(16)17)13-11(18-9)14(5)6-12(2,3)4/h6H2,1-5H3,(H,16,17). The minimum Gasteiger partial charge on any atom is -0.476 e. The lowest BCUT2D eigenvalue weighted by Crippen LogP contribution is -2.29. The van der Waals surface area contributed by atoms with Crippen molar-refractivity contribution in [3.63, 3.8) is 0 Å². The van der Waals surface area contributed by atoms with Crippen molar-refractivity contribution in [1.29, 1.82) is 0 Å². The highest BCUT2D eigenvalue weighted by Crippen LogP contribution is 2.28. The summed E-state index contributed by atoms with van der Waals surface area (Å²) in [6.45, 7) is 8.34. The zero-order valence-corrected chi connectivity index (χ0v) is 12.1. The Morgan fingerprint density at radius 2 is 1.94 bits per heavy atom. The second kappa shape index (κ2) is 5.06. The van der Waals surface area contributed by atoms with Crippen LogP contribution in [-0.2, 0) is 0 Å². The average Bonchev–Trinajstić information content (AvgIpc) is 2.58. The molecule has 0 unspecified atom stereocenters. The first kappa shape index (κ1) is 14.6. The van der Waals surface area contributed by atoms with Crippen molar-refractivity contribution in [3.05, 3.63) is 10.6 Å². The van der Waals surface area contributed by atoms with Gasteiger partial charge in [-0.25, -0.2) is 9.78 Å². The van der Waals surface area contributed by atoms with Gasteiger partial charge >= 0.3 is 5.97 Å². The molecule has 0 fully saturated rings. The van der Waals surface area contributed by atoms with E-state index in [9.17, 15) is 9.59 Å². The van der Waals surface area contributed by atoms with Gasteiger partial charge in [-0.15, -0.1) is 0 Å². The summed E-state index contributed by atoms with van der Waals surface area (Å²) in [6.07, 6.45) is 0.